The molecule has 5 heteroatoms. The van der Waals surface area contributed by atoms with Crippen molar-refractivity contribution < 1.29 is 14.3 Å². The van der Waals surface area contributed by atoms with Crippen molar-refractivity contribution in [3.05, 3.63) is 59.2 Å². The minimum Gasteiger partial charge on any atom is -0.493 e. The van der Waals surface area contributed by atoms with Crippen LogP contribution in [0.1, 0.15) is 34.8 Å². The van der Waals surface area contributed by atoms with Gasteiger partial charge in [-0.15, -0.1) is 0 Å². The van der Waals surface area contributed by atoms with Crippen LogP contribution in [-0.4, -0.2) is 25.0 Å². The maximum Gasteiger partial charge on any atom is 0.251 e. The highest BCUT2D eigenvalue weighted by molar-refractivity contribution is 5.95. The fraction of sp³-hybridized carbons (Fsp3) is 0.300. The summed E-state index contributed by atoms with van der Waals surface area (Å²) in [5.41, 5.74) is 3.46. The average molecular weight is 340 g/mol. The molecule has 0 saturated heterocycles. The van der Waals surface area contributed by atoms with E-state index in [1.54, 1.807) is 24.3 Å². The molecule has 2 amide bonds. The first-order chi connectivity index (χ1) is 12.0. The predicted octanol–water partition coefficient (Wildman–Crippen LogP) is 3.46. The molecular formula is C20H24N2O3. The zero-order valence-electron chi connectivity index (χ0n) is 14.9. The summed E-state index contributed by atoms with van der Waals surface area (Å²) in [6.45, 7) is 6.58. The van der Waals surface area contributed by atoms with Crippen molar-refractivity contribution >= 4 is 17.5 Å². The van der Waals surface area contributed by atoms with Gasteiger partial charge in [-0.05, 0) is 55.7 Å². The van der Waals surface area contributed by atoms with E-state index in [4.69, 9.17) is 4.74 Å². The molecule has 0 aliphatic carbocycles. The first-order valence-electron chi connectivity index (χ1n) is 8.32. The molecule has 2 N–H and O–H groups in total. The third-order valence-corrected chi connectivity index (χ3v) is 3.73. The van der Waals surface area contributed by atoms with Crippen LogP contribution in [0.4, 0.5) is 5.69 Å². The maximum atomic E-state index is 12.1. The summed E-state index contributed by atoms with van der Waals surface area (Å²) >= 11 is 0. The van der Waals surface area contributed by atoms with Crippen LogP contribution in [0.2, 0.25) is 0 Å². The molecule has 2 aromatic carbocycles. The van der Waals surface area contributed by atoms with Crippen molar-refractivity contribution in [1.82, 2.24) is 5.32 Å². The van der Waals surface area contributed by atoms with Crippen LogP contribution in [0.5, 0.6) is 5.75 Å². The lowest BCUT2D eigenvalue weighted by atomic mass is 10.1. The second-order valence-electron chi connectivity index (χ2n) is 5.94. The second-order valence-corrected chi connectivity index (χ2v) is 5.94. The molecule has 0 spiro atoms. The van der Waals surface area contributed by atoms with Crippen LogP contribution in [0.25, 0.3) is 0 Å². The number of hydrogen-bond donors (Lipinski definition) is 2. The molecule has 0 aliphatic rings. The molecule has 0 radical (unpaired) electrons. The van der Waals surface area contributed by atoms with E-state index in [1.807, 2.05) is 32.0 Å². The fourth-order valence-electron chi connectivity index (χ4n) is 2.49. The molecule has 0 fully saturated rings. The Labute approximate surface area is 148 Å². The predicted molar refractivity (Wildman–Crippen MR) is 99.1 cm³/mol. The maximum absolute atomic E-state index is 12.1. The van der Waals surface area contributed by atoms with Gasteiger partial charge in [0.2, 0.25) is 5.91 Å². The summed E-state index contributed by atoms with van der Waals surface area (Å²) in [6.07, 6.45) is 0.726. The molecule has 2 aromatic rings. The third kappa shape index (κ3) is 5.64. The van der Waals surface area contributed by atoms with Gasteiger partial charge in [0, 0.05) is 24.7 Å². The molecule has 0 heterocycles. The topological polar surface area (TPSA) is 67.4 Å². The highest BCUT2D eigenvalue weighted by Gasteiger charge is 2.06. The Balaban J connectivity index is 1.74. The van der Waals surface area contributed by atoms with E-state index >= 15 is 0 Å². The van der Waals surface area contributed by atoms with Gasteiger partial charge in [0.25, 0.3) is 5.91 Å². The Morgan fingerprint density at radius 1 is 1.00 bits per heavy atom. The van der Waals surface area contributed by atoms with Crippen LogP contribution in [0.3, 0.4) is 0 Å². The minimum atomic E-state index is -0.138. The molecule has 0 bridgehead atoms. The van der Waals surface area contributed by atoms with Crippen molar-refractivity contribution in [1.29, 1.82) is 0 Å². The summed E-state index contributed by atoms with van der Waals surface area (Å²) in [5.74, 6) is 0.643. The smallest absolute Gasteiger partial charge is 0.251 e. The quantitative estimate of drug-likeness (QED) is 0.759. The van der Waals surface area contributed by atoms with Crippen molar-refractivity contribution in [2.75, 3.05) is 18.5 Å². The number of para-hydroxylation sites is 1. The number of aryl methyl sites for hydroxylation is 2. The molecule has 0 aliphatic heterocycles. The van der Waals surface area contributed by atoms with E-state index in [0.29, 0.717) is 24.4 Å². The lowest BCUT2D eigenvalue weighted by Gasteiger charge is -2.12. The van der Waals surface area contributed by atoms with Gasteiger partial charge < -0.3 is 15.4 Å². The van der Waals surface area contributed by atoms with Crippen molar-refractivity contribution in [3.63, 3.8) is 0 Å². The third-order valence-electron chi connectivity index (χ3n) is 3.73. The number of rotatable bonds is 7. The zero-order valence-corrected chi connectivity index (χ0v) is 14.9. The standard InChI is InChI=1S/C20H24N2O3/c1-14-6-4-7-15(2)19(14)25-13-5-12-21-20(24)17-8-10-18(11-9-17)22-16(3)23/h4,6-11H,5,12-13H2,1-3H3,(H,21,24)(H,22,23). The summed E-state index contributed by atoms with van der Waals surface area (Å²) < 4.78 is 5.82. The Hall–Kier alpha value is -2.82. The minimum absolute atomic E-state index is 0.138. The highest BCUT2D eigenvalue weighted by atomic mass is 16.5. The number of hydrogen-bond acceptors (Lipinski definition) is 3. The van der Waals surface area contributed by atoms with Gasteiger partial charge in [0.1, 0.15) is 5.75 Å². The van der Waals surface area contributed by atoms with E-state index in [-0.39, 0.29) is 11.8 Å². The Kier molecular flexibility index (Phi) is 6.57. The number of amides is 2. The Bertz CT molecular complexity index is 719. The zero-order chi connectivity index (χ0) is 18.2. The van der Waals surface area contributed by atoms with Gasteiger partial charge >= 0.3 is 0 Å². The number of nitrogens with one attached hydrogen (secondary N) is 2. The lowest BCUT2D eigenvalue weighted by molar-refractivity contribution is -0.114. The molecule has 0 atom stereocenters. The molecule has 0 aromatic heterocycles. The van der Waals surface area contributed by atoms with Gasteiger partial charge in [-0.2, -0.15) is 0 Å². The number of carbonyl (C=O) groups is 2. The monoisotopic (exact) mass is 340 g/mol. The Morgan fingerprint density at radius 3 is 2.24 bits per heavy atom. The lowest BCUT2D eigenvalue weighted by Crippen LogP contribution is -2.25. The number of ether oxygens (including phenoxy) is 1. The number of carbonyl (C=O) groups excluding carboxylic acids is 2. The van der Waals surface area contributed by atoms with Crippen LogP contribution in [0.15, 0.2) is 42.5 Å². The van der Waals surface area contributed by atoms with Crippen molar-refractivity contribution in [2.45, 2.75) is 27.2 Å². The van der Waals surface area contributed by atoms with Gasteiger partial charge in [-0.3, -0.25) is 9.59 Å². The Morgan fingerprint density at radius 2 is 1.64 bits per heavy atom. The second kappa shape index (κ2) is 8.87. The van der Waals surface area contributed by atoms with Crippen molar-refractivity contribution in [2.24, 2.45) is 0 Å². The van der Waals surface area contributed by atoms with Crippen molar-refractivity contribution in [3.8, 4) is 5.75 Å². The molecule has 25 heavy (non-hydrogen) atoms. The van der Waals surface area contributed by atoms with E-state index in [2.05, 4.69) is 10.6 Å². The number of anilines is 1. The van der Waals surface area contributed by atoms with E-state index in [0.717, 1.165) is 23.3 Å². The van der Waals surface area contributed by atoms with E-state index < -0.39 is 0 Å². The molecule has 2 rings (SSSR count). The molecule has 5 nitrogen and oxygen atoms in total. The van der Waals surface area contributed by atoms with Gasteiger partial charge in [-0.25, -0.2) is 0 Å². The first kappa shape index (κ1) is 18.5. The first-order valence-corrected chi connectivity index (χ1v) is 8.32. The molecule has 0 unspecified atom stereocenters. The number of benzene rings is 2. The summed E-state index contributed by atoms with van der Waals surface area (Å²) in [5, 5.41) is 5.54. The fourth-order valence-corrected chi connectivity index (χ4v) is 2.49. The summed E-state index contributed by atoms with van der Waals surface area (Å²) in [6, 6.07) is 12.8. The normalized spacial score (nSPS) is 10.2. The van der Waals surface area contributed by atoms with Crippen LogP contribution in [0, 0.1) is 13.8 Å². The molecular weight excluding hydrogens is 316 g/mol. The largest absolute Gasteiger partial charge is 0.493 e. The van der Waals surface area contributed by atoms with Gasteiger partial charge in [0.15, 0.2) is 0 Å². The van der Waals surface area contributed by atoms with Crippen LogP contribution in [-0.2, 0) is 4.79 Å². The molecule has 132 valence electrons. The van der Waals surface area contributed by atoms with Crippen LogP contribution < -0.4 is 15.4 Å². The van der Waals surface area contributed by atoms with E-state index in [1.165, 1.54) is 6.92 Å². The SMILES string of the molecule is CC(=O)Nc1ccc(C(=O)NCCCOc2c(C)cccc2C)cc1. The summed E-state index contributed by atoms with van der Waals surface area (Å²) in [4.78, 5) is 23.1. The van der Waals surface area contributed by atoms with Gasteiger partial charge in [-0.1, -0.05) is 18.2 Å². The summed E-state index contributed by atoms with van der Waals surface area (Å²) in [7, 11) is 0. The highest BCUT2D eigenvalue weighted by Crippen LogP contribution is 2.22. The van der Waals surface area contributed by atoms with E-state index in [9.17, 15) is 9.59 Å². The van der Waals surface area contributed by atoms with Crippen LogP contribution >= 0.6 is 0 Å². The molecule has 0 saturated carbocycles. The van der Waals surface area contributed by atoms with Gasteiger partial charge in [0.05, 0.1) is 6.61 Å². The average Bonchev–Trinajstić information content (AvgIpc) is 2.57.